The second-order valence-electron chi connectivity index (χ2n) is 10.9. The Bertz CT molecular complexity index is 1620. The number of unbranched alkanes of at least 4 members (excludes halogenated alkanes) is 4. The zero-order valence-electron chi connectivity index (χ0n) is 26.4. The highest BCUT2D eigenvalue weighted by Gasteiger charge is 2.41. The molecule has 2 aromatic carbocycles. The van der Waals surface area contributed by atoms with Crippen molar-refractivity contribution in [2.75, 3.05) is 13.1 Å². The van der Waals surface area contributed by atoms with E-state index in [9.17, 15) is 28.8 Å². The van der Waals surface area contributed by atoms with E-state index in [0.717, 1.165) is 23.5 Å². The van der Waals surface area contributed by atoms with Crippen LogP contribution in [0.1, 0.15) is 72.1 Å². The predicted molar refractivity (Wildman–Crippen MR) is 202 cm³/mol. The van der Waals surface area contributed by atoms with Crippen LogP contribution in [-0.2, 0) is 19.2 Å². The maximum Gasteiger partial charge on any atom is 0.271 e. The molecule has 2 aliphatic rings. The van der Waals surface area contributed by atoms with Crippen LogP contribution in [-0.4, -0.2) is 67.0 Å². The number of carbonyl (C=O) groups excluding carboxylic acids is 6. The van der Waals surface area contributed by atoms with Gasteiger partial charge in [-0.25, -0.2) is 0 Å². The van der Waals surface area contributed by atoms with Gasteiger partial charge in [0.05, 0.1) is 31.0 Å². The molecule has 0 spiro atoms. The van der Waals surface area contributed by atoms with Crippen LogP contribution in [0, 0.1) is 0 Å². The van der Waals surface area contributed by atoms with Crippen LogP contribution in [0.3, 0.4) is 0 Å². The van der Waals surface area contributed by atoms with Gasteiger partial charge in [0.15, 0.2) is 0 Å². The summed E-state index contributed by atoms with van der Waals surface area (Å²) in [5.74, 6) is -2.47. The SMILES string of the molecule is O=C(CCCCCN1C(=O)/C(=C2\SC(=S)N(CCCCCC(=O)NNC(=O)c3ccccc3Cl)C2=O)SC1=S)NNC(=O)c1ccccc1Cl. The van der Waals surface area contributed by atoms with Gasteiger partial charge in [0.2, 0.25) is 11.8 Å². The summed E-state index contributed by atoms with van der Waals surface area (Å²) in [6, 6.07) is 13.0. The van der Waals surface area contributed by atoms with Gasteiger partial charge >= 0.3 is 0 Å². The molecular formula is C32H32Cl2N6O6S4. The predicted octanol–water partition coefficient (Wildman–Crippen LogP) is 5.27. The molecule has 0 unspecified atom stereocenters. The van der Waals surface area contributed by atoms with Crippen molar-refractivity contribution in [2.45, 2.75) is 51.4 Å². The van der Waals surface area contributed by atoms with E-state index in [2.05, 4.69) is 21.7 Å². The second-order valence-corrected chi connectivity index (χ2v) is 15.0. The molecular weight excluding hydrogens is 764 g/mol. The number of halogens is 2. The number of thiocarbonyl (C=S) groups is 2. The Morgan fingerprint density at radius 2 is 0.960 bits per heavy atom. The number of amides is 6. The molecule has 50 heavy (non-hydrogen) atoms. The molecule has 12 nitrogen and oxygen atoms in total. The van der Waals surface area contributed by atoms with Crippen LogP contribution < -0.4 is 21.7 Å². The van der Waals surface area contributed by atoms with E-state index in [1.165, 1.54) is 9.80 Å². The second kappa shape index (κ2) is 19.2. The van der Waals surface area contributed by atoms with Gasteiger partial charge in [-0.15, -0.1) is 0 Å². The quantitative estimate of drug-likeness (QED) is 0.0861. The molecule has 0 atom stereocenters. The van der Waals surface area contributed by atoms with Crippen LogP contribution in [0.5, 0.6) is 0 Å². The maximum atomic E-state index is 13.2. The van der Waals surface area contributed by atoms with E-state index in [1.54, 1.807) is 48.5 Å². The van der Waals surface area contributed by atoms with Crippen molar-refractivity contribution >= 4 is 115 Å². The van der Waals surface area contributed by atoms with Crippen LogP contribution in [0.15, 0.2) is 58.3 Å². The van der Waals surface area contributed by atoms with E-state index in [0.29, 0.717) is 60.3 Å². The fourth-order valence-electron chi connectivity index (χ4n) is 4.72. The van der Waals surface area contributed by atoms with Gasteiger partial charge in [-0.05, 0) is 49.9 Å². The van der Waals surface area contributed by atoms with Crippen molar-refractivity contribution < 1.29 is 28.8 Å². The molecule has 0 saturated carbocycles. The molecule has 0 radical (unpaired) electrons. The van der Waals surface area contributed by atoms with Crippen LogP contribution in [0.4, 0.5) is 0 Å². The lowest BCUT2D eigenvalue weighted by Crippen LogP contribution is -2.41. The third-order valence-electron chi connectivity index (χ3n) is 7.34. The Balaban J connectivity index is 1.13. The molecule has 2 fully saturated rings. The first kappa shape index (κ1) is 39.2. The molecule has 4 N–H and O–H groups in total. The fraction of sp³-hybridized carbons (Fsp3) is 0.312. The third-order valence-corrected chi connectivity index (χ3v) is 11.0. The van der Waals surface area contributed by atoms with Gasteiger partial charge in [-0.3, -0.25) is 60.3 Å². The molecule has 2 aliphatic heterocycles. The lowest BCUT2D eigenvalue weighted by Gasteiger charge is -2.14. The Kier molecular flexibility index (Phi) is 15.1. The topological polar surface area (TPSA) is 157 Å². The Hall–Kier alpha value is -3.54. The summed E-state index contributed by atoms with van der Waals surface area (Å²) >= 11 is 25.0. The van der Waals surface area contributed by atoms with Crippen LogP contribution >= 0.6 is 71.2 Å². The minimum Gasteiger partial charge on any atom is -0.293 e. The first-order chi connectivity index (χ1) is 24.0. The van der Waals surface area contributed by atoms with Crippen LogP contribution in [0.2, 0.25) is 10.0 Å². The summed E-state index contributed by atoms with van der Waals surface area (Å²) in [5.41, 5.74) is 9.90. The highest BCUT2D eigenvalue weighted by atomic mass is 35.5. The number of carbonyl (C=O) groups is 6. The summed E-state index contributed by atoms with van der Waals surface area (Å²) in [7, 11) is 0. The minimum absolute atomic E-state index is 0.166. The molecule has 18 heteroatoms. The number of hydrazine groups is 2. The molecule has 0 bridgehead atoms. The molecule has 264 valence electrons. The summed E-state index contributed by atoms with van der Waals surface area (Å²) in [6.07, 6.45) is 3.77. The zero-order chi connectivity index (χ0) is 36.2. The molecule has 0 aliphatic carbocycles. The Morgan fingerprint density at radius 1 is 0.580 bits per heavy atom. The Morgan fingerprint density at radius 3 is 1.34 bits per heavy atom. The first-order valence-electron chi connectivity index (χ1n) is 15.5. The van der Waals surface area contributed by atoms with Gasteiger partial charge in [0.25, 0.3) is 23.6 Å². The van der Waals surface area contributed by atoms with E-state index in [4.69, 9.17) is 47.6 Å². The summed E-state index contributed by atoms with van der Waals surface area (Å²) < 4.78 is 0.688. The lowest BCUT2D eigenvalue weighted by atomic mass is 10.2. The molecule has 4 rings (SSSR count). The standard InChI is InChI=1S/C32H32Cl2N6O6S4/c33-21-13-7-5-11-19(21)27(43)37-35-23(41)15-3-1-9-17-39-29(45)25(49-31(39)47)26-30(46)40(32(48)50-26)18-10-2-4-16-24(42)36-38-28(44)20-12-6-8-14-22(20)34/h5-8,11-14H,1-4,9-10,15-18H2,(H,35,41)(H,36,42)(H,37,43)(H,38,44)/b26-25+. The van der Waals surface area contributed by atoms with Crippen LogP contribution in [0.25, 0.3) is 0 Å². The van der Waals surface area contributed by atoms with E-state index in [1.807, 2.05) is 0 Å². The summed E-state index contributed by atoms with van der Waals surface area (Å²) in [6.45, 7) is 0.660. The normalized spacial score (nSPS) is 15.8. The van der Waals surface area contributed by atoms with Crippen molar-refractivity contribution in [3.8, 4) is 0 Å². The number of benzene rings is 2. The number of nitrogens with one attached hydrogen (secondary N) is 4. The Labute approximate surface area is 317 Å². The van der Waals surface area contributed by atoms with Gasteiger partial charge in [-0.1, -0.05) is 108 Å². The number of hydrogen-bond donors (Lipinski definition) is 4. The van der Waals surface area contributed by atoms with Gasteiger partial charge in [-0.2, -0.15) is 0 Å². The average molecular weight is 796 g/mol. The highest BCUT2D eigenvalue weighted by molar-refractivity contribution is 8.29. The van der Waals surface area contributed by atoms with Crippen molar-refractivity contribution in [2.24, 2.45) is 0 Å². The zero-order valence-corrected chi connectivity index (χ0v) is 31.2. The lowest BCUT2D eigenvalue weighted by molar-refractivity contribution is -0.124. The van der Waals surface area contributed by atoms with E-state index >= 15 is 0 Å². The van der Waals surface area contributed by atoms with Gasteiger partial charge in [0.1, 0.15) is 8.64 Å². The van der Waals surface area contributed by atoms with Gasteiger partial charge in [0, 0.05) is 25.9 Å². The monoisotopic (exact) mass is 794 g/mol. The van der Waals surface area contributed by atoms with E-state index < -0.39 is 11.8 Å². The van der Waals surface area contributed by atoms with E-state index in [-0.39, 0.29) is 67.5 Å². The van der Waals surface area contributed by atoms with Crippen molar-refractivity contribution in [3.63, 3.8) is 0 Å². The molecule has 2 aromatic rings. The summed E-state index contributed by atoms with van der Waals surface area (Å²) in [4.78, 5) is 78.5. The van der Waals surface area contributed by atoms with Crippen molar-refractivity contribution in [3.05, 3.63) is 79.5 Å². The fourth-order valence-corrected chi connectivity index (χ4v) is 7.94. The number of rotatable bonds is 14. The maximum absolute atomic E-state index is 13.2. The molecule has 0 aromatic heterocycles. The van der Waals surface area contributed by atoms with Crippen molar-refractivity contribution in [1.82, 2.24) is 31.5 Å². The smallest absolute Gasteiger partial charge is 0.271 e. The molecule has 2 saturated heterocycles. The number of thioether (sulfide) groups is 2. The van der Waals surface area contributed by atoms with Gasteiger partial charge < -0.3 is 0 Å². The largest absolute Gasteiger partial charge is 0.293 e. The number of hydrogen-bond acceptors (Lipinski definition) is 10. The van der Waals surface area contributed by atoms with Crippen molar-refractivity contribution in [1.29, 1.82) is 0 Å². The average Bonchev–Trinajstić information content (AvgIpc) is 3.54. The molecule has 2 heterocycles. The third kappa shape index (κ3) is 10.7. The number of nitrogens with zero attached hydrogens (tertiary/aromatic N) is 2. The summed E-state index contributed by atoms with van der Waals surface area (Å²) in [5, 5.41) is 0.544. The minimum atomic E-state index is -0.521. The first-order valence-corrected chi connectivity index (χ1v) is 18.7. The highest BCUT2D eigenvalue weighted by Crippen LogP contribution is 2.42. The molecule has 6 amide bonds.